The Balaban J connectivity index is 0.00000144. The highest BCUT2D eigenvalue weighted by atomic mass is 127. The molecule has 0 saturated heterocycles. The van der Waals surface area contributed by atoms with Crippen molar-refractivity contribution in [2.75, 3.05) is 0 Å². The van der Waals surface area contributed by atoms with E-state index >= 15 is 0 Å². The fraction of sp³-hybridized carbons (Fsp3) is 0.455. The van der Waals surface area contributed by atoms with Gasteiger partial charge in [0, 0.05) is 0 Å². The summed E-state index contributed by atoms with van der Waals surface area (Å²) in [6.45, 7) is 2.27. The summed E-state index contributed by atoms with van der Waals surface area (Å²) in [7, 11) is 0. The van der Waals surface area contributed by atoms with E-state index in [1.165, 1.54) is 21.9 Å². The fourth-order valence-electron chi connectivity index (χ4n) is 1.40. The number of hydrogen-bond donors (Lipinski definition) is 0. The second-order valence-electron chi connectivity index (χ2n) is 3.30. The molecule has 0 heterocycles. The van der Waals surface area contributed by atoms with E-state index in [4.69, 9.17) is 0 Å². The van der Waals surface area contributed by atoms with Gasteiger partial charge in [0.25, 0.3) is 0 Å². The Bertz CT molecular complexity index is 199. The van der Waals surface area contributed by atoms with Crippen molar-refractivity contribution in [3.63, 3.8) is 0 Å². The van der Waals surface area contributed by atoms with Crippen LogP contribution < -0.4 is 0 Å². The topological polar surface area (TPSA) is 0 Å². The summed E-state index contributed by atoms with van der Waals surface area (Å²) in [4.78, 5) is 0. The quantitative estimate of drug-likeness (QED) is 0.441. The van der Waals surface area contributed by atoms with Crippen molar-refractivity contribution in [2.24, 2.45) is 0 Å². The molecule has 0 fully saturated rings. The number of benzene rings is 1. The SMILES string of the molecule is CCC[CH2][Mg][CH2]c1ccccc1.I. The monoisotopic (exact) mass is 300 g/mol. The minimum atomic E-state index is 0. The molecule has 1 aromatic carbocycles. The molecule has 0 nitrogen and oxygen atoms in total. The van der Waals surface area contributed by atoms with Gasteiger partial charge in [0.05, 0.1) is 0 Å². The first kappa shape index (κ1) is 13.7. The number of hydrogen-bond acceptors (Lipinski definition) is 0. The van der Waals surface area contributed by atoms with Crippen LogP contribution in [0.4, 0.5) is 0 Å². The third-order valence-electron chi connectivity index (χ3n) is 2.16. The predicted molar refractivity (Wildman–Crippen MR) is 71.0 cm³/mol. The first-order valence-electron chi connectivity index (χ1n) is 4.97. The summed E-state index contributed by atoms with van der Waals surface area (Å²) >= 11 is 0.202. The lowest BCUT2D eigenvalue weighted by molar-refractivity contribution is 0.877. The average molecular weight is 300 g/mol. The first-order valence-corrected chi connectivity index (χ1v) is 6.97. The van der Waals surface area contributed by atoms with Crippen molar-refractivity contribution >= 4 is 44.3 Å². The van der Waals surface area contributed by atoms with Crippen molar-refractivity contribution in [3.8, 4) is 0 Å². The molecule has 1 aromatic rings. The zero-order chi connectivity index (χ0) is 8.65. The second kappa shape index (κ2) is 9.28. The van der Waals surface area contributed by atoms with Gasteiger partial charge >= 0.3 is 20.4 Å². The largest absolute Gasteiger partial charge is 0.370 e. The molecule has 0 spiro atoms. The van der Waals surface area contributed by atoms with Crippen LogP contribution in [0.5, 0.6) is 0 Å². The van der Waals surface area contributed by atoms with Gasteiger partial charge in [-0.3, -0.25) is 0 Å². The second-order valence-corrected chi connectivity index (χ2v) is 5.21. The van der Waals surface area contributed by atoms with Gasteiger partial charge < -0.3 is 0 Å². The third-order valence-corrected chi connectivity index (χ3v) is 4.09. The number of unbranched alkanes of at least 4 members (excludes halogenated alkanes) is 1. The zero-order valence-corrected chi connectivity index (χ0v) is 12.1. The van der Waals surface area contributed by atoms with E-state index in [1.54, 1.807) is 5.56 Å². The van der Waals surface area contributed by atoms with Crippen LogP contribution in [-0.2, 0) is 4.55 Å². The van der Waals surface area contributed by atoms with Gasteiger partial charge in [0.1, 0.15) is 0 Å². The van der Waals surface area contributed by atoms with E-state index in [-0.39, 0.29) is 44.3 Å². The summed E-state index contributed by atoms with van der Waals surface area (Å²) in [5, 5.41) is 0. The van der Waals surface area contributed by atoms with E-state index in [1.807, 2.05) is 0 Å². The van der Waals surface area contributed by atoms with Crippen LogP contribution in [0.2, 0.25) is 4.55 Å². The molecule has 2 heteroatoms. The van der Waals surface area contributed by atoms with Gasteiger partial charge in [0.2, 0.25) is 0 Å². The summed E-state index contributed by atoms with van der Waals surface area (Å²) in [6.07, 6.45) is 2.81. The maximum absolute atomic E-state index is 2.27. The lowest BCUT2D eigenvalue weighted by atomic mass is 10.2. The van der Waals surface area contributed by atoms with Gasteiger partial charge in [-0.15, -0.1) is 33.1 Å². The summed E-state index contributed by atoms with van der Waals surface area (Å²) in [5.41, 5.74) is 1.54. The Labute approximate surface area is 108 Å². The van der Waals surface area contributed by atoms with Crippen molar-refractivity contribution in [1.29, 1.82) is 0 Å². The number of halogens is 1. The van der Waals surface area contributed by atoms with E-state index in [0.717, 1.165) is 0 Å². The Morgan fingerprint density at radius 1 is 1.15 bits per heavy atom. The molecule has 0 aromatic heterocycles. The molecule has 0 amide bonds. The van der Waals surface area contributed by atoms with Gasteiger partial charge in [-0.25, -0.2) is 0 Å². The molecule has 0 aliphatic rings. The van der Waals surface area contributed by atoms with E-state index in [2.05, 4.69) is 37.3 Å². The van der Waals surface area contributed by atoms with Crippen LogP contribution in [0.1, 0.15) is 25.3 Å². The zero-order valence-electron chi connectivity index (χ0n) is 8.33. The molecule has 70 valence electrons. The van der Waals surface area contributed by atoms with Gasteiger partial charge in [0.15, 0.2) is 0 Å². The van der Waals surface area contributed by atoms with E-state index in [0.29, 0.717) is 0 Å². The number of rotatable bonds is 5. The highest BCUT2D eigenvalue weighted by Crippen LogP contribution is 2.01. The molecule has 0 bridgehead atoms. The molecule has 0 saturated carbocycles. The summed E-state index contributed by atoms with van der Waals surface area (Å²) in [5.74, 6) is 0. The van der Waals surface area contributed by atoms with Crippen molar-refractivity contribution in [1.82, 2.24) is 0 Å². The van der Waals surface area contributed by atoms with Gasteiger partial charge in [-0.2, -0.15) is 0 Å². The van der Waals surface area contributed by atoms with Crippen LogP contribution >= 0.6 is 24.0 Å². The Morgan fingerprint density at radius 2 is 1.85 bits per heavy atom. The smallest absolute Gasteiger partial charge is 0.145 e. The van der Waals surface area contributed by atoms with Crippen LogP contribution in [0.3, 0.4) is 0 Å². The Hall–Kier alpha value is 0.716. The Kier molecular flexibility index (Phi) is 9.79. The van der Waals surface area contributed by atoms with Gasteiger partial charge in [-0.1, -0.05) is 55.7 Å². The van der Waals surface area contributed by atoms with Crippen LogP contribution in [-0.4, -0.2) is 20.4 Å². The molecule has 0 radical (unpaired) electrons. The van der Waals surface area contributed by atoms with Crippen molar-refractivity contribution in [2.45, 2.75) is 28.9 Å². The van der Waals surface area contributed by atoms with Crippen LogP contribution in [0.15, 0.2) is 30.3 Å². The van der Waals surface area contributed by atoms with Crippen molar-refractivity contribution in [3.05, 3.63) is 35.9 Å². The highest BCUT2D eigenvalue weighted by molar-refractivity contribution is 14.0. The molecule has 0 unspecified atom stereocenters. The third kappa shape index (κ3) is 6.74. The summed E-state index contributed by atoms with van der Waals surface area (Å²) < 4.78 is 2.91. The lowest BCUT2D eigenvalue weighted by Gasteiger charge is -1.97. The normalized spacial score (nSPS) is 8.69. The molecule has 0 aliphatic heterocycles. The minimum Gasteiger partial charge on any atom is -0.145 e. The van der Waals surface area contributed by atoms with E-state index < -0.39 is 0 Å². The van der Waals surface area contributed by atoms with E-state index in [9.17, 15) is 0 Å². The molecular weight excluding hydrogens is 283 g/mol. The molecule has 1 rings (SSSR count). The minimum absolute atomic E-state index is 0. The maximum Gasteiger partial charge on any atom is 0.370 e. The Morgan fingerprint density at radius 3 is 2.46 bits per heavy atom. The molecule has 13 heavy (non-hydrogen) atoms. The molecular formula is C11H17IMg. The van der Waals surface area contributed by atoms with Crippen LogP contribution in [0, 0.1) is 0 Å². The molecule has 0 aliphatic carbocycles. The molecule has 0 N–H and O–H groups in total. The lowest BCUT2D eigenvalue weighted by Crippen LogP contribution is -1.95. The van der Waals surface area contributed by atoms with Crippen LogP contribution in [0.25, 0.3) is 0 Å². The molecule has 0 atom stereocenters. The predicted octanol–water partition coefficient (Wildman–Crippen LogP) is 3.73. The standard InChI is InChI=1S/C7H7.C4H9.HI.Mg/c1-7-5-3-2-4-6-7;1-3-4-2;;/h2-6H,1H2;1,3-4H2,2H3;1H;. The maximum atomic E-state index is 2.27. The van der Waals surface area contributed by atoms with Gasteiger partial charge in [-0.05, 0) is 0 Å². The fourth-order valence-corrected chi connectivity index (χ4v) is 3.25. The van der Waals surface area contributed by atoms with Crippen molar-refractivity contribution < 1.29 is 0 Å². The first-order chi connectivity index (χ1) is 5.93. The highest BCUT2D eigenvalue weighted by Gasteiger charge is 1.95. The average Bonchev–Trinajstić information content (AvgIpc) is 2.14. The summed E-state index contributed by atoms with van der Waals surface area (Å²) in [6, 6.07) is 10.9.